The van der Waals surface area contributed by atoms with Crippen LogP contribution in [0.1, 0.15) is 32.9 Å². The number of hydrogen-bond donors (Lipinski definition) is 1. The minimum absolute atomic E-state index is 0.0241. The molecule has 3 aromatic carbocycles. The van der Waals surface area contributed by atoms with Crippen molar-refractivity contribution in [3.63, 3.8) is 0 Å². The van der Waals surface area contributed by atoms with Gasteiger partial charge >= 0.3 is 5.97 Å². The second-order valence-electron chi connectivity index (χ2n) is 9.33. The third kappa shape index (κ3) is 5.80. The quantitative estimate of drug-likeness (QED) is 0.208. The van der Waals surface area contributed by atoms with E-state index in [4.69, 9.17) is 14.7 Å². The van der Waals surface area contributed by atoms with Gasteiger partial charge in [0.1, 0.15) is 18.2 Å². The van der Waals surface area contributed by atoms with Crippen molar-refractivity contribution < 1.29 is 32.5 Å². The van der Waals surface area contributed by atoms with Crippen LogP contribution in [0.3, 0.4) is 0 Å². The summed E-state index contributed by atoms with van der Waals surface area (Å²) in [5, 5.41) is 18.3. The van der Waals surface area contributed by atoms with Gasteiger partial charge in [0.2, 0.25) is 5.88 Å². The summed E-state index contributed by atoms with van der Waals surface area (Å²) in [6.07, 6.45) is -0.392. The molecule has 8 nitrogen and oxygen atoms in total. The van der Waals surface area contributed by atoms with Gasteiger partial charge < -0.3 is 19.1 Å². The fourth-order valence-electron chi connectivity index (χ4n) is 4.49. The van der Waals surface area contributed by atoms with E-state index in [1.54, 1.807) is 28.8 Å². The second kappa shape index (κ2) is 12.1. The number of rotatable bonds is 10. The van der Waals surface area contributed by atoms with E-state index in [9.17, 15) is 9.90 Å². The van der Waals surface area contributed by atoms with Crippen LogP contribution >= 0.6 is 0 Å². The first-order chi connectivity index (χ1) is 20.3. The number of benzene rings is 3. The van der Waals surface area contributed by atoms with Gasteiger partial charge in [0.25, 0.3) is 0 Å². The van der Waals surface area contributed by atoms with Gasteiger partial charge in [-0.15, -0.1) is 0 Å². The molecule has 212 valence electrons. The molecule has 1 N–H and O–H groups in total. The summed E-state index contributed by atoms with van der Waals surface area (Å²) in [6.45, 7) is 0.571. The van der Waals surface area contributed by atoms with E-state index >= 15 is 13.2 Å². The molecule has 0 saturated heterocycles. The van der Waals surface area contributed by atoms with Gasteiger partial charge in [-0.2, -0.15) is 5.26 Å². The summed E-state index contributed by atoms with van der Waals surface area (Å²) in [4.78, 5) is 20.1. The molecule has 0 aliphatic rings. The van der Waals surface area contributed by atoms with Crippen LogP contribution in [-0.2, 0) is 24.3 Å². The molecule has 0 unspecified atom stereocenters. The highest BCUT2D eigenvalue weighted by atomic mass is 19.2. The first-order valence-electron chi connectivity index (χ1n) is 12.8. The van der Waals surface area contributed by atoms with Crippen molar-refractivity contribution >= 4 is 17.0 Å². The number of imidazole rings is 1. The molecule has 0 spiro atoms. The largest absolute Gasteiger partial charge is 0.478 e. The Morgan fingerprint density at radius 2 is 1.81 bits per heavy atom. The normalized spacial score (nSPS) is 11.0. The fourth-order valence-corrected chi connectivity index (χ4v) is 4.49. The number of nitrogens with zero attached hydrogens (tertiary/aromatic N) is 4. The third-order valence-electron chi connectivity index (χ3n) is 6.65. The number of aromatic carboxylic acids is 1. The maximum Gasteiger partial charge on any atom is 0.335 e. The maximum atomic E-state index is 15.4. The Morgan fingerprint density at radius 1 is 1.02 bits per heavy atom. The first kappa shape index (κ1) is 28.3. The lowest BCUT2D eigenvalue weighted by molar-refractivity contribution is 0.0697. The minimum Gasteiger partial charge on any atom is -0.478 e. The number of carbonyl (C=O) groups is 1. The molecule has 0 aliphatic heterocycles. The Hall–Kier alpha value is -5.21. The molecule has 0 atom stereocenters. The number of pyridine rings is 1. The molecule has 11 heteroatoms. The number of hydrogen-bond acceptors (Lipinski definition) is 6. The van der Waals surface area contributed by atoms with Gasteiger partial charge in [0, 0.05) is 37.3 Å². The Labute approximate surface area is 238 Å². The summed E-state index contributed by atoms with van der Waals surface area (Å²) in [7, 11) is 1.48. The highest BCUT2D eigenvalue weighted by Gasteiger charge is 2.23. The monoisotopic (exact) mass is 572 g/mol. The van der Waals surface area contributed by atoms with E-state index in [2.05, 4.69) is 9.97 Å². The van der Waals surface area contributed by atoms with E-state index in [1.165, 1.54) is 43.5 Å². The molecular weight excluding hydrogens is 549 g/mol. The zero-order valence-corrected chi connectivity index (χ0v) is 22.3. The summed E-state index contributed by atoms with van der Waals surface area (Å²) in [6, 6.07) is 18.4. The van der Waals surface area contributed by atoms with E-state index in [0.717, 1.165) is 11.6 Å². The lowest BCUT2D eigenvalue weighted by Crippen LogP contribution is -2.11. The van der Waals surface area contributed by atoms with Gasteiger partial charge in [-0.25, -0.2) is 27.9 Å². The number of carboxylic acids is 1. The third-order valence-corrected chi connectivity index (χ3v) is 6.65. The Bertz CT molecular complexity index is 1830. The molecule has 0 radical (unpaired) electrons. The van der Waals surface area contributed by atoms with Crippen LogP contribution in [0.2, 0.25) is 0 Å². The zero-order valence-electron chi connectivity index (χ0n) is 22.3. The van der Waals surface area contributed by atoms with E-state index in [-0.39, 0.29) is 48.3 Å². The lowest BCUT2D eigenvalue weighted by Gasteiger charge is -2.13. The molecule has 2 heterocycles. The van der Waals surface area contributed by atoms with Gasteiger partial charge in [0.05, 0.1) is 40.5 Å². The Balaban J connectivity index is 1.44. The van der Waals surface area contributed by atoms with Crippen molar-refractivity contribution in [3.8, 4) is 23.2 Å². The van der Waals surface area contributed by atoms with Crippen LogP contribution < -0.4 is 4.74 Å². The van der Waals surface area contributed by atoms with Crippen molar-refractivity contribution in [2.45, 2.75) is 19.6 Å². The van der Waals surface area contributed by atoms with Crippen molar-refractivity contribution in [1.29, 1.82) is 5.26 Å². The summed E-state index contributed by atoms with van der Waals surface area (Å²) >= 11 is 0. The number of ether oxygens (including phenoxy) is 2. The number of halogens is 3. The van der Waals surface area contributed by atoms with Crippen molar-refractivity contribution in [2.75, 3.05) is 13.7 Å². The first-order valence-corrected chi connectivity index (χ1v) is 12.8. The van der Waals surface area contributed by atoms with Gasteiger partial charge in [-0.05, 0) is 48.0 Å². The minimum atomic E-state index is -1.38. The average molecular weight is 573 g/mol. The standard InChI is InChI=1S/C31H23F3N4O4/c1-41-12-11-38-26-13-20(31(39)40)9-10-25(26)36-27(38)15-21-23(32)14-22(30(34)29(21)33)24-3-2-4-28(37-24)42-17-19-7-5-18(16-35)6-8-19/h2-10,13-14H,11-12,15,17H2,1H3,(H,39,40). The highest BCUT2D eigenvalue weighted by molar-refractivity contribution is 5.92. The van der Waals surface area contributed by atoms with Crippen LogP contribution in [0.25, 0.3) is 22.3 Å². The molecule has 2 aromatic heterocycles. The molecule has 0 saturated carbocycles. The van der Waals surface area contributed by atoms with Crippen LogP contribution in [0, 0.1) is 28.8 Å². The highest BCUT2D eigenvalue weighted by Crippen LogP contribution is 2.30. The molecule has 0 amide bonds. The number of aromatic nitrogens is 3. The molecule has 42 heavy (non-hydrogen) atoms. The van der Waals surface area contributed by atoms with Crippen molar-refractivity contribution in [1.82, 2.24) is 14.5 Å². The summed E-state index contributed by atoms with van der Waals surface area (Å²) < 4.78 is 58.6. The van der Waals surface area contributed by atoms with Crippen LogP contribution in [0.15, 0.2) is 66.7 Å². The van der Waals surface area contributed by atoms with E-state index < -0.39 is 35.4 Å². The predicted molar refractivity (Wildman–Crippen MR) is 146 cm³/mol. The Kier molecular flexibility index (Phi) is 8.17. The van der Waals surface area contributed by atoms with Crippen LogP contribution in [-0.4, -0.2) is 39.3 Å². The summed E-state index contributed by atoms with van der Waals surface area (Å²) in [5.74, 6) is -4.46. The molecule has 5 rings (SSSR count). The van der Waals surface area contributed by atoms with E-state index in [1.807, 2.05) is 6.07 Å². The van der Waals surface area contributed by atoms with E-state index in [0.29, 0.717) is 16.6 Å². The fraction of sp³-hybridized carbons (Fsp3) is 0.161. The van der Waals surface area contributed by atoms with Gasteiger partial charge in [-0.3, -0.25) is 0 Å². The Morgan fingerprint density at radius 3 is 2.52 bits per heavy atom. The lowest BCUT2D eigenvalue weighted by atomic mass is 10.0. The SMILES string of the molecule is COCCn1c(Cc2c(F)cc(-c3cccc(OCc4ccc(C#N)cc4)n3)c(F)c2F)nc2ccc(C(=O)O)cc21. The van der Waals surface area contributed by atoms with Crippen molar-refractivity contribution in [3.05, 3.63) is 112 Å². The van der Waals surface area contributed by atoms with Gasteiger partial charge in [-0.1, -0.05) is 18.2 Å². The number of methoxy groups -OCH3 is 1. The average Bonchev–Trinajstić information content (AvgIpc) is 3.35. The maximum absolute atomic E-state index is 15.4. The molecular formula is C31H23F3N4O4. The number of fused-ring (bicyclic) bond motifs is 1. The molecule has 0 fully saturated rings. The smallest absolute Gasteiger partial charge is 0.335 e. The molecule has 5 aromatic rings. The molecule has 0 bridgehead atoms. The van der Waals surface area contributed by atoms with Gasteiger partial charge in [0.15, 0.2) is 11.6 Å². The number of nitriles is 1. The zero-order chi connectivity index (χ0) is 29.8. The number of carboxylic acid groups (broad SMARTS) is 1. The topological polar surface area (TPSA) is 110 Å². The molecule has 0 aliphatic carbocycles. The summed E-state index contributed by atoms with van der Waals surface area (Å²) in [5.41, 5.74) is 1.23. The van der Waals surface area contributed by atoms with Crippen LogP contribution in [0.4, 0.5) is 13.2 Å². The van der Waals surface area contributed by atoms with Crippen LogP contribution in [0.5, 0.6) is 5.88 Å². The predicted octanol–water partition coefficient (Wildman–Crippen LogP) is 5.90. The second-order valence-corrected chi connectivity index (χ2v) is 9.33. The van der Waals surface area contributed by atoms with Crippen molar-refractivity contribution in [2.24, 2.45) is 0 Å².